The summed E-state index contributed by atoms with van der Waals surface area (Å²) in [6.45, 7) is 19.3. The number of H-pyrrole nitrogens is 1. The van der Waals surface area contributed by atoms with Gasteiger partial charge in [-0.05, 0) is 103 Å². The predicted octanol–water partition coefficient (Wildman–Crippen LogP) is 6.31. The van der Waals surface area contributed by atoms with Gasteiger partial charge >= 0.3 is 0 Å². The number of carbonyl (C=O) groups excluding carboxylic acids is 2. The van der Waals surface area contributed by atoms with Gasteiger partial charge < -0.3 is 13.8 Å². The van der Waals surface area contributed by atoms with Crippen molar-refractivity contribution in [2.75, 3.05) is 0 Å². The van der Waals surface area contributed by atoms with E-state index < -0.39 is 27.8 Å². The highest BCUT2D eigenvalue weighted by atomic mass is 28.4. The first-order chi connectivity index (χ1) is 15.8. The summed E-state index contributed by atoms with van der Waals surface area (Å²) in [6.07, 6.45) is 0. The number of hydrogen-bond acceptors (Lipinski definition) is 5. The third-order valence-electron chi connectivity index (χ3n) is 5.54. The van der Waals surface area contributed by atoms with Gasteiger partial charge in [0.25, 0.3) is 0 Å². The zero-order chi connectivity index (χ0) is 26.6. The molecule has 3 rings (SSSR count). The lowest BCUT2D eigenvalue weighted by Crippen LogP contribution is -2.44. The van der Waals surface area contributed by atoms with Crippen LogP contribution in [0.3, 0.4) is 0 Å². The number of aromatic amines is 1. The third-order valence-corrected chi connectivity index (χ3v) is 7.78. The number of benzene rings is 2. The van der Waals surface area contributed by atoms with Crippen molar-refractivity contribution in [2.45, 2.75) is 78.2 Å². The van der Waals surface area contributed by atoms with Crippen molar-refractivity contribution in [3.63, 3.8) is 0 Å². The molecule has 1 N–H and O–H groups in total. The fourth-order valence-electron chi connectivity index (χ4n) is 4.57. The van der Waals surface area contributed by atoms with Gasteiger partial charge in [0.1, 0.15) is 11.2 Å². The van der Waals surface area contributed by atoms with E-state index in [0.717, 1.165) is 0 Å². The molecule has 0 atom stereocenters. The lowest BCUT2D eigenvalue weighted by Gasteiger charge is -2.31. The first kappa shape index (κ1) is 27.2. The topological polar surface area (TPSA) is 85.5 Å². The highest BCUT2D eigenvalue weighted by Gasteiger charge is 2.36. The molecular weight excluding hydrogens is 474 g/mol. The van der Waals surface area contributed by atoms with Gasteiger partial charge in [0, 0.05) is 32.9 Å². The van der Waals surface area contributed by atoms with E-state index in [2.05, 4.69) is 4.98 Å². The Morgan fingerprint density at radius 1 is 0.686 bits per heavy atom. The molecule has 8 heteroatoms. The smallest absolute Gasteiger partial charge is 0.197 e. The second kappa shape index (κ2) is 8.92. The van der Waals surface area contributed by atoms with Crippen LogP contribution in [0.25, 0.3) is 21.8 Å². The van der Waals surface area contributed by atoms with Gasteiger partial charge in [-0.1, -0.05) is 0 Å². The average molecular weight is 512 g/mol. The summed E-state index contributed by atoms with van der Waals surface area (Å²) >= 11 is 0. The number of nitrogens with one attached hydrogen (secondary N) is 1. The van der Waals surface area contributed by atoms with Crippen LogP contribution >= 0.6 is 0 Å². The number of aromatic nitrogens is 1. The summed E-state index contributed by atoms with van der Waals surface area (Å²) in [7, 11) is -3.93. The van der Waals surface area contributed by atoms with Gasteiger partial charge in [0.05, 0.1) is 0 Å². The van der Waals surface area contributed by atoms with Crippen molar-refractivity contribution < 1.29 is 18.4 Å². The van der Waals surface area contributed by atoms with Crippen molar-refractivity contribution in [3.05, 3.63) is 57.7 Å². The van der Waals surface area contributed by atoms with E-state index in [1.807, 2.05) is 39.3 Å². The van der Waals surface area contributed by atoms with Gasteiger partial charge in [0.2, 0.25) is 0 Å². The van der Waals surface area contributed by atoms with Crippen LogP contribution in [-0.4, -0.2) is 44.4 Å². The fourth-order valence-corrected chi connectivity index (χ4v) is 7.82. The Labute approximate surface area is 209 Å². The second-order valence-electron chi connectivity index (χ2n) is 12.1. The van der Waals surface area contributed by atoms with Gasteiger partial charge in [-0.15, -0.1) is 0 Å². The Bertz CT molecular complexity index is 1270. The van der Waals surface area contributed by atoms with Crippen LogP contribution in [0.5, 0.6) is 0 Å². The number of hydrogen-bond donors (Lipinski definition) is 1. The van der Waals surface area contributed by atoms with Crippen molar-refractivity contribution >= 4 is 50.0 Å². The number of rotatable bonds is 8. The number of ketones is 2. The molecule has 0 unspecified atom stereocenters. The van der Waals surface area contributed by atoms with Crippen LogP contribution in [0.4, 0.5) is 0 Å². The molecule has 0 fully saturated rings. The normalized spacial score (nSPS) is 13.4. The molecule has 0 aliphatic rings. The summed E-state index contributed by atoms with van der Waals surface area (Å²) < 4.78 is 12.2. The Morgan fingerprint density at radius 3 is 1.34 bits per heavy atom. The SMILES string of the molecule is CC(C)(O[Si](C)(C)C)C(=O)c1ccc2[nH]c3ccc(C(=O)C(C)(C)O[Si](C)(C)C)cc3c(=O)c2c1. The monoisotopic (exact) mass is 511 g/mol. The lowest BCUT2D eigenvalue weighted by molar-refractivity contribution is 0.0557. The van der Waals surface area contributed by atoms with E-state index >= 15 is 0 Å². The van der Waals surface area contributed by atoms with Gasteiger partial charge in [-0.2, -0.15) is 0 Å². The number of Topliss-reactive ketones (excluding diaryl/α,β-unsaturated/α-hetero) is 2. The summed E-state index contributed by atoms with van der Waals surface area (Å²) in [6, 6.07) is 10.2. The number of fused-ring (bicyclic) bond motifs is 2. The first-order valence-electron chi connectivity index (χ1n) is 11.9. The van der Waals surface area contributed by atoms with Gasteiger partial charge in [-0.3, -0.25) is 14.4 Å². The van der Waals surface area contributed by atoms with Gasteiger partial charge in [0.15, 0.2) is 33.6 Å². The minimum atomic E-state index is -1.97. The minimum absolute atomic E-state index is 0.171. The molecule has 0 radical (unpaired) electrons. The van der Waals surface area contributed by atoms with E-state index in [1.54, 1.807) is 64.1 Å². The van der Waals surface area contributed by atoms with Crippen molar-refractivity contribution in [1.29, 1.82) is 0 Å². The average Bonchev–Trinajstić information content (AvgIpc) is 2.69. The molecule has 2 aromatic carbocycles. The molecule has 1 aromatic heterocycles. The minimum Gasteiger partial charge on any atom is -0.405 e. The zero-order valence-electron chi connectivity index (χ0n) is 22.5. The molecule has 0 amide bonds. The Morgan fingerprint density at radius 2 is 1.03 bits per heavy atom. The summed E-state index contributed by atoms with van der Waals surface area (Å²) in [5.41, 5.74) is -0.128. The summed E-state index contributed by atoms with van der Waals surface area (Å²) in [4.78, 5) is 43.3. The zero-order valence-corrected chi connectivity index (χ0v) is 24.5. The summed E-state index contributed by atoms with van der Waals surface area (Å²) in [5.74, 6) is -0.342. The molecule has 35 heavy (non-hydrogen) atoms. The summed E-state index contributed by atoms with van der Waals surface area (Å²) in [5, 5.41) is 0.795. The number of pyridine rings is 1. The molecule has 6 nitrogen and oxygen atoms in total. The van der Waals surface area contributed by atoms with E-state index in [9.17, 15) is 14.4 Å². The van der Waals surface area contributed by atoms with E-state index in [0.29, 0.717) is 32.9 Å². The molecule has 0 bridgehead atoms. The molecule has 0 saturated carbocycles. The molecule has 3 aromatic rings. The van der Waals surface area contributed by atoms with Crippen LogP contribution in [0.1, 0.15) is 48.4 Å². The van der Waals surface area contributed by atoms with Crippen molar-refractivity contribution in [2.24, 2.45) is 0 Å². The largest absolute Gasteiger partial charge is 0.405 e. The molecule has 1 heterocycles. The molecular formula is C27H37NO5Si2. The quantitative estimate of drug-likeness (QED) is 0.218. The first-order valence-corrected chi connectivity index (χ1v) is 18.7. The molecule has 0 aliphatic carbocycles. The van der Waals surface area contributed by atoms with E-state index in [4.69, 9.17) is 8.85 Å². The maximum Gasteiger partial charge on any atom is 0.197 e. The van der Waals surface area contributed by atoms with Crippen LogP contribution < -0.4 is 5.43 Å². The molecule has 188 valence electrons. The third kappa shape index (κ3) is 6.06. The van der Waals surface area contributed by atoms with Crippen molar-refractivity contribution in [1.82, 2.24) is 4.98 Å². The van der Waals surface area contributed by atoms with Crippen molar-refractivity contribution in [3.8, 4) is 0 Å². The Balaban J connectivity index is 2.09. The standard InChI is InChI=1S/C27H37NO5Si2/c1-26(2,32-34(5,6)7)24(30)17-11-13-21-19(15-17)23(29)20-16-18(12-14-22(20)28-21)25(31)27(3,4)33-35(8,9)10/h11-16H,1-10H3,(H,28,29). The van der Waals surface area contributed by atoms with E-state index in [-0.39, 0.29) is 17.0 Å². The number of carbonyl (C=O) groups is 2. The molecule has 0 saturated heterocycles. The lowest BCUT2D eigenvalue weighted by atomic mass is 9.94. The molecule has 0 spiro atoms. The Kier molecular flexibility index (Phi) is 6.93. The second-order valence-corrected chi connectivity index (χ2v) is 20.9. The highest BCUT2D eigenvalue weighted by Crippen LogP contribution is 2.26. The highest BCUT2D eigenvalue weighted by molar-refractivity contribution is 6.70. The van der Waals surface area contributed by atoms with Gasteiger partial charge in [-0.25, -0.2) is 0 Å². The van der Waals surface area contributed by atoms with Crippen LogP contribution in [0.15, 0.2) is 41.2 Å². The maximum absolute atomic E-state index is 13.5. The van der Waals surface area contributed by atoms with Crippen LogP contribution in [0.2, 0.25) is 39.3 Å². The molecule has 0 aliphatic heterocycles. The van der Waals surface area contributed by atoms with Crippen LogP contribution in [-0.2, 0) is 8.85 Å². The predicted molar refractivity (Wildman–Crippen MR) is 148 cm³/mol. The van der Waals surface area contributed by atoms with E-state index in [1.165, 1.54) is 0 Å². The Hall–Kier alpha value is -2.40. The fraction of sp³-hybridized carbons (Fsp3) is 0.444. The van der Waals surface area contributed by atoms with Crippen LogP contribution in [0, 0.1) is 0 Å². The maximum atomic E-state index is 13.5.